The first-order valence-electron chi connectivity index (χ1n) is 8.73. The summed E-state index contributed by atoms with van der Waals surface area (Å²) >= 11 is 0. The molecule has 3 N–H and O–H groups in total. The van der Waals surface area contributed by atoms with Crippen molar-refractivity contribution in [3.63, 3.8) is 0 Å². The van der Waals surface area contributed by atoms with Crippen molar-refractivity contribution in [3.8, 4) is 0 Å². The predicted molar refractivity (Wildman–Crippen MR) is 93.8 cm³/mol. The third kappa shape index (κ3) is 7.30. The molecule has 23 heavy (non-hydrogen) atoms. The van der Waals surface area contributed by atoms with Crippen molar-refractivity contribution < 1.29 is 4.79 Å². The number of H-pyrrole nitrogens is 1. The van der Waals surface area contributed by atoms with Crippen molar-refractivity contribution in [2.75, 3.05) is 11.9 Å². The Morgan fingerprint density at radius 3 is 2.61 bits per heavy atom. The summed E-state index contributed by atoms with van der Waals surface area (Å²) in [6.07, 6.45) is 8.79. The van der Waals surface area contributed by atoms with Crippen LogP contribution in [0.4, 0.5) is 10.7 Å². The van der Waals surface area contributed by atoms with E-state index in [4.69, 9.17) is 0 Å². The molecule has 0 bridgehead atoms. The second kappa shape index (κ2) is 10.8. The monoisotopic (exact) mass is 322 g/mol. The highest BCUT2D eigenvalue weighted by atomic mass is 16.2. The van der Waals surface area contributed by atoms with Gasteiger partial charge in [-0.15, -0.1) is 0 Å². The molecule has 1 aromatic rings. The summed E-state index contributed by atoms with van der Waals surface area (Å²) in [6, 6.07) is -0.344. The van der Waals surface area contributed by atoms with E-state index in [1.807, 2.05) is 0 Å². The van der Waals surface area contributed by atoms with Gasteiger partial charge < -0.3 is 5.32 Å². The maximum atomic E-state index is 12.1. The Kier molecular flexibility index (Phi) is 9.02. The lowest BCUT2D eigenvalue weighted by atomic mass is 9.93. The highest BCUT2D eigenvalue weighted by Crippen LogP contribution is 2.16. The van der Waals surface area contributed by atoms with Crippen LogP contribution in [0, 0.1) is 5.92 Å². The van der Waals surface area contributed by atoms with Crippen LogP contribution in [0.3, 0.4) is 0 Å². The highest BCUT2D eigenvalue weighted by molar-refractivity contribution is 5.87. The van der Waals surface area contributed by atoms with E-state index < -0.39 is 0 Å². The first-order valence-corrected chi connectivity index (χ1v) is 8.73. The Labute approximate surface area is 138 Å². The normalized spacial score (nSPS) is 12.0. The molecule has 2 amide bonds. The van der Waals surface area contributed by atoms with E-state index in [2.05, 4.69) is 41.4 Å². The Bertz CT molecular complexity index is 528. The number of hydrogen-bond donors (Lipinski definition) is 3. The molecule has 130 valence electrons. The van der Waals surface area contributed by atoms with Crippen LogP contribution < -0.4 is 16.2 Å². The lowest BCUT2D eigenvalue weighted by molar-refractivity contribution is 0.252. The lowest BCUT2D eigenvalue weighted by Crippen LogP contribution is -2.31. The number of amides is 2. The number of aromatic amines is 1. The van der Waals surface area contributed by atoms with Crippen molar-refractivity contribution in [3.05, 3.63) is 22.1 Å². The quantitative estimate of drug-likeness (QED) is 0.577. The fraction of sp³-hybridized carbons (Fsp3) is 0.706. The van der Waals surface area contributed by atoms with Crippen LogP contribution in [0.5, 0.6) is 0 Å². The zero-order valence-electron chi connectivity index (χ0n) is 14.6. The van der Waals surface area contributed by atoms with Gasteiger partial charge in [0.1, 0.15) is 0 Å². The molecule has 1 aromatic heterocycles. The standard InChI is InChI=1S/C17H30N4O2/c1-4-7-9-13(6-3)11-14-12-19-16(20-15(14)22)21-17(23)18-10-8-5-2/h12-13H,4-11H2,1-3H3,(H3,18,19,20,21,22,23). The van der Waals surface area contributed by atoms with Gasteiger partial charge in [0.25, 0.3) is 5.56 Å². The molecule has 0 spiro atoms. The third-order valence-electron chi connectivity index (χ3n) is 3.97. The topological polar surface area (TPSA) is 86.9 Å². The number of urea groups is 1. The van der Waals surface area contributed by atoms with Crippen LogP contribution in [0.1, 0.15) is 64.9 Å². The Morgan fingerprint density at radius 2 is 2.00 bits per heavy atom. The van der Waals surface area contributed by atoms with Crippen LogP contribution in [0.2, 0.25) is 0 Å². The molecule has 1 heterocycles. The maximum Gasteiger partial charge on any atom is 0.321 e. The van der Waals surface area contributed by atoms with E-state index in [0.29, 0.717) is 18.0 Å². The van der Waals surface area contributed by atoms with Crippen LogP contribution >= 0.6 is 0 Å². The zero-order chi connectivity index (χ0) is 17.1. The van der Waals surface area contributed by atoms with Crippen LogP contribution in [0.25, 0.3) is 0 Å². The minimum absolute atomic E-state index is 0.168. The van der Waals surface area contributed by atoms with E-state index in [1.165, 1.54) is 12.8 Å². The molecule has 1 unspecified atom stereocenters. The molecule has 0 saturated heterocycles. The Balaban J connectivity index is 2.59. The molecular formula is C17H30N4O2. The number of carbonyl (C=O) groups excluding carboxylic acids is 1. The van der Waals surface area contributed by atoms with Crippen molar-refractivity contribution in [2.24, 2.45) is 5.92 Å². The van der Waals surface area contributed by atoms with Crippen LogP contribution in [-0.4, -0.2) is 22.5 Å². The molecule has 0 aliphatic rings. The fourth-order valence-electron chi connectivity index (χ4n) is 2.41. The second-order valence-electron chi connectivity index (χ2n) is 5.94. The summed E-state index contributed by atoms with van der Waals surface area (Å²) in [7, 11) is 0. The van der Waals surface area contributed by atoms with E-state index in [9.17, 15) is 9.59 Å². The average molecular weight is 322 g/mol. The van der Waals surface area contributed by atoms with Gasteiger partial charge in [0.2, 0.25) is 5.95 Å². The van der Waals surface area contributed by atoms with Crippen molar-refractivity contribution in [1.82, 2.24) is 15.3 Å². The minimum atomic E-state index is -0.344. The number of aromatic nitrogens is 2. The number of nitrogens with one attached hydrogen (secondary N) is 3. The number of nitrogens with zero attached hydrogens (tertiary/aromatic N) is 1. The summed E-state index contributed by atoms with van der Waals surface area (Å²) in [6.45, 7) is 6.99. The number of rotatable bonds is 10. The SMILES string of the molecule is CCCCNC(=O)Nc1ncc(CC(CC)CCCC)c(=O)[nH]1. The second-order valence-corrected chi connectivity index (χ2v) is 5.94. The maximum absolute atomic E-state index is 12.1. The molecule has 0 aliphatic heterocycles. The van der Waals surface area contributed by atoms with Gasteiger partial charge in [0.15, 0.2) is 0 Å². The molecule has 0 aromatic carbocycles. The Hall–Kier alpha value is -1.85. The van der Waals surface area contributed by atoms with Gasteiger partial charge >= 0.3 is 6.03 Å². The summed E-state index contributed by atoms with van der Waals surface area (Å²) in [5.74, 6) is 0.698. The smallest absolute Gasteiger partial charge is 0.321 e. The number of anilines is 1. The molecule has 0 saturated carbocycles. The van der Waals surface area contributed by atoms with Gasteiger partial charge in [-0.25, -0.2) is 9.78 Å². The molecule has 6 heteroatoms. The molecular weight excluding hydrogens is 292 g/mol. The van der Waals surface area contributed by atoms with Gasteiger partial charge in [0, 0.05) is 18.3 Å². The lowest BCUT2D eigenvalue weighted by Gasteiger charge is -2.13. The summed E-state index contributed by atoms with van der Waals surface area (Å²) in [5, 5.41) is 5.27. The minimum Gasteiger partial charge on any atom is -0.338 e. The number of hydrogen-bond acceptors (Lipinski definition) is 3. The van der Waals surface area contributed by atoms with E-state index in [0.717, 1.165) is 32.1 Å². The number of unbranched alkanes of at least 4 members (excludes halogenated alkanes) is 2. The molecule has 0 aliphatic carbocycles. The summed E-state index contributed by atoms with van der Waals surface area (Å²) in [4.78, 5) is 30.6. The highest BCUT2D eigenvalue weighted by Gasteiger charge is 2.11. The predicted octanol–water partition coefficient (Wildman–Crippen LogP) is 3.45. The van der Waals surface area contributed by atoms with Crippen LogP contribution in [0.15, 0.2) is 11.0 Å². The van der Waals surface area contributed by atoms with Crippen molar-refractivity contribution in [1.29, 1.82) is 0 Å². The van der Waals surface area contributed by atoms with Gasteiger partial charge in [-0.1, -0.05) is 52.9 Å². The number of carbonyl (C=O) groups is 1. The largest absolute Gasteiger partial charge is 0.338 e. The zero-order valence-corrected chi connectivity index (χ0v) is 14.6. The van der Waals surface area contributed by atoms with Gasteiger partial charge in [0.05, 0.1) is 0 Å². The van der Waals surface area contributed by atoms with Gasteiger partial charge in [-0.2, -0.15) is 0 Å². The first-order chi connectivity index (χ1) is 11.1. The van der Waals surface area contributed by atoms with Crippen molar-refractivity contribution >= 4 is 12.0 Å². The summed E-state index contributed by atoms with van der Waals surface area (Å²) < 4.78 is 0. The van der Waals surface area contributed by atoms with Crippen LogP contribution in [-0.2, 0) is 6.42 Å². The fourth-order valence-corrected chi connectivity index (χ4v) is 2.41. The summed E-state index contributed by atoms with van der Waals surface area (Å²) in [5.41, 5.74) is 0.517. The van der Waals surface area contributed by atoms with E-state index in [-0.39, 0.29) is 17.5 Å². The van der Waals surface area contributed by atoms with E-state index in [1.54, 1.807) is 6.20 Å². The third-order valence-corrected chi connectivity index (χ3v) is 3.97. The van der Waals surface area contributed by atoms with E-state index >= 15 is 0 Å². The van der Waals surface area contributed by atoms with Gasteiger partial charge in [-0.05, 0) is 18.8 Å². The first kappa shape index (κ1) is 19.2. The Morgan fingerprint density at radius 1 is 1.26 bits per heavy atom. The van der Waals surface area contributed by atoms with Crippen molar-refractivity contribution in [2.45, 2.75) is 65.7 Å². The molecule has 1 rings (SSSR count). The molecule has 6 nitrogen and oxygen atoms in total. The molecule has 0 radical (unpaired) electrons. The average Bonchev–Trinajstić information content (AvgIpc) is 2.53. The van der Waals surface area contributed by atoms with Gasteiger partial charge in [-0.3, -0.25) is 15.1 Å². The molecule has 1 atom stereocenters. The molecule has 0 fully saturated rings.